The molecule has 0 unspecified atom stereocenters. The molecule has 0 bridgehead atoms. The highest BCUT2D eigenvalue weighted by atomic mass is 15.6. The highest BCUT2D eigenvalue weighted by Gasteiger charge is 2.16. The van der Waals surface area contributed by atoms with Gasteiger partial charge in [-0.15, -0.1) is 0 Å². The predicted octanol–water partition coefficient (Wildman–Crippen LogP) is 1.48. The van der Waals surface area contributed by atoms with Gasteiger partial charge in [0.25, 0.3) is 0 Å². The fourth-order valence-corrected chi connectivity index (χ4v) is 0.431. The molecule has 0 aromatic carbocycles. The molecular formula is C7H17N2+. The Hall–Kier alpha value is -0.370. The first kappa shape index (κ1) is 8.63. The van der Waals surface area contributed by atoms with Crippen LogP contribution in [0.5, 0.6) is 0 Å². The van der Waals surface area contributed by atoms with E-state index in [0.717, 1.165) is 4.59 Å². The van der Waals surface area contributed by atoms with Crippen LogP contribution in [0.25, 0.3) is 0 Å². The number of hydrogen-bond donors (Lipinski definition) is 0. The van der Waals surface area contributed by atoms with E-state index in [4.69, 9.17) is 0 Å². The first-order valence-electron chi connectivity index (χ1n) is 3.34. The van der Waals surface area contributed by atoms with E-state index in [1.807, 2.05) is 13.1 Å². The van der Waals surface area contributed by atoms with Gasteiger partial charge in [0.1, 0.15) is 6.04 Å². The van der Waals surface area contributed by atoms with Crippen molar-refractivity contribution in [3.63, 3.8) is 0 Å². The molecule has 0 radical (unpaired) electrons. The van der Waals surface area contributed by atoms with Crippen LogP contribution in [0.15, 0.2) is 5.10 Å². The van der Waals surface area contributed by atoms with Crippen molar-refractivity contribution in [2.75, 3.05) is 14.1 Å². The number of quaternary nitrogens is 1. The van der Waals surface area contributed by atoms with Crippen molar-refractivity contribution in [1.29, 1.82) is 0 Å². The quantitative estimate of drug-likeness (QED) is 0.304. The first-order chi connectivity index (χ1) is 4.00. The van der Waals surface area contributed by atoms with Gasteiger partial charge in [0.15, 0.2) is 0 Å². The summed E-state index contributed by atoms with van der Waals surface area (Å²) >= 11 is 0. The van der Waals surface area contributed by atoms with Crippen LogP contribution in [0.3, 0.4) is 0 Å². The summed E-state index contributed by atoms with van der Waals surface area (Å²) in [4.78, 5) is 0. The lowest BCUT2D eigenvalue weighted by atomic mass is 10.3. The molecular weight excluding hydrogens is 112 g/mol. The second-order valence-corrected chi connectivity index (χ2v) is 2.95. The van der Waals surface area contributed by atoms with Crippen LogP contribution in [0, 0.1) is 0 Å². The van der Waals surface area contributed by atoms with Crippen molar-refractivity contribution in [3.8, 4) is 0 Å². The molecule has 0 N–H and O–H groups in total. The van der Waals surface area contributed by atoms with Gasteiger partial charge in [-0.3, -0.25) is 0 Å². The molecule has 0 saturated heterocycles. The van der Waals surface area contributed by atoms with Crippen LogP contribution in [-0.2, 0) is 0 Å². The molecule has 9 heavy (non-hydrogen) atoms. The van der Waals surface area contributed by atoms with Gasteiger partial charge >= 0.3 is 0 Å². The molecule has 0 heterocycles. The Morgan fingerprint density at radius 2 is 1.78 bits per heavy atom. The molecule has 0 rings (SSSR count). The largest absolute Gasteiger partial charge is 0.201 e. The lowest BCUT2D eigenvalue weighted by molar-refractivity contribution is -0.917. The molecule has 54 valence electrons. The van der Waals surface area contributed by atoms with Gasteiger partial charge in [-0.25, -0.2) is 4.59 Å². The fourth-order valence-electron chi connectivity index (χ4n) is 0.431. The average Bonchev–Trinajstić information content (AvgIpc) is 1.65. The topological polar surface area (TPSA) is 12.4 Å². The lowest BCUT2D eigenvalue weighted by Crippen LogP contribution is -2.40. The average molecular weight is 129 g/mol. The number of hydrogen-bond acceptors (Lipinski definition) is 1. The molecule has 0 saturated carbocycles. The third-order valence-corrected chi connectivity index (χ3v) is 1.68. The van der Waals surface area contributed by atoms with Gasteiger partial charge in [0, 0.05) is 0 Å². The standard InChI is InChI=1S/C7H17N2/c1-6-8-9(4,5)7(2)3/h6-7H,1-5H3/q+1/b8-6+. The molecule has 0 aliphatic carbocycles. The molecule has 0 aliphatic rings. The minimum absolute atomic E-state index is 0.557. The highest BCUT2D eigenvalue weighted by molar-refractivity contribution is 5.52. The Bertz CT molecular complexity index is 103. The summed E-state index contributed by atoms with van der Waals surface area (Å²) in [6.45, 7) is 6.27. The van der Waals surface area contributed by atoms with Gasteiger partial charge in [0.2, 0.25) is 0 Å². The monoisotopic (exact) mass is 129 g/mol. The molecule has 2 heteroatoms. The Morgan fingerprint density at radius 3 is 1.89 bits per heavy atom. The summed E-state index contributed by atoms with van der Waals surface area (Å²) in [5.74, 6) is 0. The van der Waals surface area contributed by atoms with Crippen molar-refractivity contribution in [3.05, 3.63) is 0 Å². The Kier molecular flexibility index (Phi) is 2.85. The maximum Gasteiger partial charge on any atom is 0.107 e. The maximum absolute atomic E-state index is 4.27. The Labute approximate surface area is 57.8 Å². The van der Waals surface area contributed by atoms with Crippen LogP contribution in [0.4, 0.5) is 0 Å². The summed E-state index contributed by atoms with van der Waals surface area (Å²) in [6, 6.07) is 0.557. The van der Waals surface area contributed by atoms with Crippen molar-refractivity contribution < 1.29 is 4.59 Å². The molecule has 0 amide bonds. The summed E-state index contributed by atoms with van der Waals surface area (Å²) in [7, 11) is 4.18. The normalized spacial score (nSPS) is 13.6. The van der Waals surface area contributed by atoms with Crippen molar-refractivity contribution in [2.24, 2.45) is 5.10 Å². The van der Waals surface area contributed by atoms with Gasteiger partial charge in [-0.05, 0) is 20.8 Å². The Balaban J connectivity index is 4.01. The molecule has 0 aliphatic heterocycles. The second-order valence-electron chi connectivity index (χ2n) is 2.95. The minimum Gasteiger partial charge on any atom is -0.201 e. The van der Waals surface area contributed by atoms with E-state index in [1.165, 1.54) is 0 Å². The van der Waals surface area contributed by atoms with Crippen LogP contribution in [-0.4, -0.2) is 30.9 Å². The zero-order valence-electron chi connectivity index (χ0n) is 7.05. The molecule has 0 aromatic heterocycles. The highest BCUT2D eigenvalue weighted by Crippen LogP contribution is 2.04. The van der Waals surface area contributed by atoms with E-state index in [0.29, 0.717) is 6.04 Å². The second kappa shape index (κ2) is 2.97. The molecule has 0 spiro atoms. The first-order valence-corrected chi connectivity index (χ1v) is 3.34. The van der Waals surface area contributed by atoms with E-state index in [-0.39, 0.29) is 0 Å². The number of nitrogens with zero attached hydrogens (tertiary/aromatic N) is 2. The smallest absolute Gasteiger partial charge is 0.107 e. The summed E-state index contributed by atoms with van der Waals surface area (Å²) in [5.41, 5.74) is 0. The van der Waals surface area contributed by atoms with Gasteiger partial charge in [-0.2, -0.15) is 0 Å². The van der Waals surface area contributed by atoms with Crippen molar-refractivity contribution in [2.45, 2.75) is 26.8 Å². The zero-order valence-corrected chi connectivity index (χ0v) is 7.05. The summed E-state index contributed by atoms with van der Waals surface area (Å²) in [5, 5.41) is 4.27. The summed E-state index contributed by atoms with van der Waals surface area (Å²) < 4.78 is 0.719. The number of rotatable bonds is 2. The van der Waals surface area contributed by atoms with Crippen LogP contribution in [0.1, 0.15) is 20.8 Å². The van der Waals surface area contributed by atoms with Crippen LogP contribution >= 0.6 is 0 Å². The fraction of sp³-hybridized carbons (Fsp3) is 0.857. The predicted molar refractivity (Wildman–Crippen MR) is 41.4 cm³/mol. The molecule has 0 atom stereocenters. The van der Waals surface area contributed by atoms with E-state index in [1.54, 1.807) is 0 Å². The third-order valence-electron chi connectivity index (χ3n) is 1.68. The van der Waals surface area contributed by atoms with Gasteiger partial charge in [0.05, 0.1) is 20.3 Å². The Morgan fingerprint density at radius 1 is 1.33 bits per heavy atom. The molecule has 0 fully saturated rings. The minimum atomic E-state index is 0.557. The maximum atomic E-state index is 4.27. The van der Waals surface area contributed by atoms with E-state index < -0.39 is 0 Å². The van der Waals surface area contributed by atoms with E-state index in [2.05, 4.69) is 33.0 Å². The molecule has 0 aromatic rings. The third kappa shape index (κ3) is 2.61. The van der Waals surface area contributed by atoms with Gasteiger partial charge < -0.3 is 0 Å². The van der Waals surface area contributed by atoms with E-state index in [9.17, 15) is 0 Å². The van der Waals surface area contributed by atoms with E-state index >= 15 is 0 Å². The summed E-state index contributed by atoms with van der Waals surface area (Å²) in [6.07, 6.45) is 1.85. The van der Waals surface area contributed by atoms with Crippen LogP contribution < -0.4 is 0 Å². The SMILES string of the molecule is C/C=N/[N+](C)(C)C(C)C. The zero-order chi connectivity index (χ0) is 7.49. The van der Waals surface area contributed by atoms with Crippen LogP contribution in [0.2, 0.25) is 0 Å². The van der Waals surface area contributed by atoms with Gasteiger partial charge in [-0.1, -0.05) is 5.10 Å². The molecule has 2 nitrogen and oxygen atoms in total. The lowest BCUT2D eigenvalue weighted by Gasteiger charge is -2.26. The van der Waals surface area contributed by atoms with Crippen molar-refractivity contribution in [1.82, 2.24) is 0 Å². The van der Waals surface area contributed by atoms with Crippen molar-refractivity contribution >= 4 is 6.21 Å².